The van der Waals surface area contributed by atoms with E-state index < -0.39 is 0 Å². The number of carbonyl (C=O) groups is 2. The fourth-order valence-electron chi connectivity index (χ4n) is 2.54. The van der Waals surface area contributed by atoms with Crippen molar-refractivity contribution in [3.05, 3.63) is 0 Å². The summed E-state index contributed by atoms with van der Waals surface area (Å²) in [5.74, 6) is 1.99. The molecule has 2 fully saturated rings. The van der Waals surface area contributed by atoms with E-state index in [0.29, 0.717) is 19.7 Å². The molecule has 2 aliphatic heterocycles. The quantitative estimate of drug-likeness (QED) is 0.765. The molecule has 1 amide bonds. The summed E-state index contributed by atoms with van der Waals surface area (Å²) >= 11 is 1.82. The van der Waals surface area contributed by atoms with E-state index in [1.54, 1.807) is 0 Å². The van der Waals surface area contributed by atoms with Gasteiger partial charge in [-0.25, -0.2) is 0 Å². The van der Waals surface area contributed by atoms with Crippen LogP contribution >= 0.6 is 11.8 Å². The van der Waals surface area contributed by atoms with Gasteiger partial charge in [-0.15, -0.1) is 0 Å². The lowest BCUT2D eigenvalue weighted by atomic mass is 9.96. The molecule has 2 aliphatic rings. The fraction of sp³-hybridized carbons (Fsp3) is 0.846. The number of piperidine rings is 1. The number of ether oxygens (including phenoxy) is 1. The van der Waals surface area contributed by atoms with Gasteiger partial charge in [0.2, 0.25) is 5.91 Å². The van der Waals surface area contributed by atoms with Crippen molar-refractivity contribution in [1.82, 2.24) is 10.2 Å². The second-order valence-corrected chi connectivity index (χ2v) is 6.08. The van der Waals surface area contributed by atoms with Crippen LogP contribution in [0.3, 0.4) is 0 Å². The lowest BCUT2D eigenvalue weighted by Crippen LogP contribution is -2.52. The zero-order valence-corrected chi connectivity index (χ0v) is 12.2. The first-order valence-corrected chi connectivity index (χ1v) is 8.14. The van der Waals surface area contributed by atoms with E-state index in [1.165, 1.54) is 0 Å². The second kappa shape index (κ2) is 7.14. The molecule has 0 bridgehead atoms. The Kier molecular flexibility index (Phi) is 5.51. The molecule has 0 aliphatic carbocycles. The largest absolute Gasteiger partial charge is 0.466 e. The van der Waals surface area contributed by atoms with E-state index in [-0.39, 0.29) is 23.8 Å². The number of rotatable bonds is 3. The molecule has 0 radical (unpaired) electrons. The van der Waals surface area contributed by atoms with Crippen LogP contribution < -0.4 is 5.32 Å². The summed E-state index contributed by atoms with van der Waals surface area (Å²) in [7, 11) is 0. The lowest BCUT2D eigenvalue weighted by molar-refractivity contribution is -0.151. The van der Waals surface area contributed by atoms with Gasteiger partial charge in [0.15, 0.2) is 0 Å². The molecular formula is C13H22N2O3S. The molecule has 0 aromatic heterocycles. The second-order valence-electron chi connectivity index (χ2n) is 4.93. The van der Waals surface area contributed by atoms with Crippen molar-refractivity contribution in [3.8, 4) is 0 Å². The van der Waals surface area contributed by atoms with E-state index in [2.05, 4.69) is 5.32 Å². The molecule has 2 heterocycles. The SMILES string of the molecule is CCOC(=O)C1CCN(C(=O)C2CSCCN2)CC1. The van der Waals surface area contributed by atoms with Crippen LogP contribution in [0.5, 0.6) is 0 Å². The van der Waals surface area contributed by atoms with Crippen LogP contribution in [-0.4, -0.2) is 60.6 Å². The van der Waals surface area contributed by atoms with Crippen molar-refractivity contribution in [1.29, 1.82) is 0 Å². The molecule has 2 rings (SSSR count). The summed E-state index contributed by atoms with van der Waals surface area (Å²) in [5, 5.41) is 3.27. The molecule has 0 aromatic carbocycles. The van der Waals surface area contributed by atoms with Crippen LogP contribution in [0.2, 0.25) is 0 Å². The Morgan fingerprint density at radius 3 is 2.68 bits per heavy atom. The summed E-state index contributed by atoms with van der Waals surface area (Å²) < 4.78 is 5.04. The van der Waals surface area contributed by atoms with Crippen molar-refractivity contribution in [3.63, 3.8) is 0 Å². The van der Waals surface area contributed by atoms with E-state index in [1.807, 2.05) is 23.6 Å². The number of likely N-dealkylation sites (tertiary alicyclic amines) is 1. The van der Waals surface area contributed by atoms with Crippen LogP contribution in [0, 0.1) is 5.92 Å². The molecule has 5 nitrogen and oxygen atoms in total. The predicted octanol–water partition coefficient (Wildman–Crippen LogP) is 0.493. The third-order valence-corrected chi connectivity index (χ3v) is 4.71. The topological polar surface area (TPSA) is 58.6 Å². The molecule has 1 N–H and O–H groups in total. The number of hydrogen-bond acceptors (Lipinski definition) is 5. The summed E-state index contributed by atoms with van der Waals surface area (Å²) in [6, 6.07) is -0.0436. The summed E-state index contributed by atoms with van der Waals surface area (Å²) in [4.78, 5) is 25.8. The molecular weight excluding hydrogens is 264 g/mol. The zero-order valence-electron chi connectivity index (χ0n) is 11.4. The van der Waals surface area contributed by atoms with Crippen molar-refractivity contribution in [2.24, 2.45) is 5.92 Å². The maximum absolute atomic E-state index is 12.3. The highest BCUT2D eigenvalue weighted by molar-refractivity contribution is 7.99. The van der Waals surface area contributed by atoms with Crippen LogP contribution in [0.25, 0.3) is 0 Å². The molecule has 1 unspecified atom stereocenters. The van der Waals surface area contributed by atoms with Gasteiger partial charge in [-0.05, 0) is 19.8 Å². The van der Waals surface area contributed by atoms with E-state index in [9.17, 15) is 9.59 Å². The minimum atomic E-state index is -0.110. The summed E-state index contributed by atoms with van der Waals surface area (Å²) in [6.07, 6.45) is 1.45. The first-order valence-electron chi connectivity index (χ1n) is 6.99. The Labute approximate surface area is 118 Å². The minimum Gasteiger partial charge on any atom is -0.466 e. The third kappa shape index (κ3) is 3.86. The molecule has 1 atom stereocenters. The van der Waals surface area contributed by atoms with Gasteiger partial charge in [-0.2, -0.15) is 11.8 Å². The molecule has 2 saturated heterocycles. The van der Waals surface area contributed by atoms with Crippen LogP contribution in [0.15, 0.2) is 0 Å². The van der Waals surface area contributed by atoms with Crippen LogP contribution in [0.1, 0.15) is 19.8 Å². The van der Waals surface area contributed by atoms with Crippen LogP contribution in [-0.2, 0) is 14.3 Å². The number of hydrogen-bond donors (Lipinski definition) is 1. The highest BCUT2D eigenvalue weighted by Gasteiger charge is 2.31. The number of carbonyl (C=O) groups excluding carboxylic acids is 2. The fourth-order valence-corrected chi connectivity index (χ4v) is 3.47. The smallest absolute Gasteiger partial charge is 0.309 e. The van der Waals surface area contributed by atoms with E-state index in [4.69, 9.17) is 4.74 Å². The highest BCUT2D eigenvalue weighted by atomic mass is 32.2. The average Bonchev–Trinajstić information content (AvgIpc) is 2.48. The lowest BCUT2D eigenvalue weighted by Gasteiger charge is -2.34. The van der Waals surface area contributed by atoms with E-state index >= 15 is 0 Å². The molecule has 0 saturated carbocycles. The van der Waals surface area contributed by atoms with Gasteiger partial charge >= 0.3 is 5.97 Å². The Balaban J connectivity index is 1.79. The van der Waals surface area contributed by atoms with Gasteiger partial charge in [0.05, 0.1) is 18.6 Å². The molecule has 108 valence electrons. The van der Waals surface area contributed by atoms with Gasteiger partial charge in [0.25, 0.3) is 0 Å². The van der Waals surface area contributed by atoms with Gasteiger partial charge < -0.3 is 15.0 Å². The first kappa shape index (κ1) is 14.7. The van der Waals surface area contributed by atoms with Gasteiger partial charge in [0.1, 0.15) is 0 Å². The minimum absolute atomic E-state index is 0.0299. The van der Waals surface area contributed by atoms with Crippen molar-refractivity contribution in [2.45, 2.75) is 25.8 Å². The van der Waals surface area contributed by atoms with Gasteiger partial charge in [-0.1, -0.05) is 0 Å². The highest BCUT2D eigenvalue weighted by Crippen LogP contribution is 2.20. The molecule has 0 aromatic rings. The Morgan fingerprint density at radius 1 is 1.37 bits per heavy atom. The molecule has 6 heteroatoms. The third-order valence-electron chi connectivity index (χ3n) is 3.65. The number of thioether (sulfide) groups is 1. The first-order chi connectivity index (χ1) is 9.22. The monoisotopic (exact) mass is 286 g/mol. The molecule has 19 heavy (non-hydrogen) atoms. The number of esters is 1. The Bertz CT molecular complexity index is 324. The maximum atomic E-state index is 12.3. The van der Waals surface area contributed by atoms with Crippen LogP contribution in [0.4, 0.5) is 0 Å². The van der Waals surface area contributed by atoms with Gasteiger partial charge in [-0.3, -0.25) is 9.59 Å². The zero-order chi connectivity index (χ0) is 13.7. The van der Waals surface area contributed by atoms with Crippen molar-refractivity contribution < 1.29 is 14.3 Å². The standard InChI is InChI=1S/C13H22N2O3S/c1-2-18-13(17)10-3-6-15(7-4-10)12(16)11-9-19-8-5-14-11/h10-11,14H,2-9H2,1H3. The summed E-state index contributed by atoms with van der Waals surface area (Å²) in [6.45, 7) is 4.50. The summed E-state index contributed by atoms with van der Waals surface area (Å²) in [5.41, 5.74) is 0. The van der Waals surface area contributed by atoms with Crippen molar-refractivity contribution in [2.75, 3.05) is 37.7 Å². The number of amides is 1. The van der Waals surface area contributed by atoms with Crippen molar-refractivity contribution >= 4 is 23.6 Å². The normalized spacial score (nSPS) is 25.1. The Morgan fingerprint density at radius 2 is 2.11 bits per heavy atom. The predicted molar refractivity (Wildman–Crippen MR) is 75.1 cm³/mol. The maximum Gasteiger partial charge on any atom is 0.309 e. The number of nitrogens with one attached hydrogen (secondary N) is 1. The Hall–Kier alpha value is -0.750. The molecule has 0 spiro atoms. The number of nitrogens with zero attached hydrogens (tertiary/aromatic N) is 1. The average molecular weight is 286 g/mol. The van der Waals surface area contributed by atoms with Gasteiger partial charge in [0, 0.05) is 31.1 Å². The van der Waals surface area contributed by atoms with E-state index in [0.717, 1.165) is 30.9 Å².